The average molecular weight is 284 g/mol. The van der Waals surface area contributed by atoms with Crippen molar-refractivity contribution in [2.24, 2.45) is 0 Å². The van der Waals surface area contributed by atoms with Crippen LogP contribution in [0.5, 0.6) is 5.75 Å². The largest absolute Gasteiger partial charge is 0.456 e. The predicted octanol–water partition coefficient (Wildman–Crippen LogP) is 0.825. The molecule has 0 radical (unpaired) electrons. The zero-order chi connectivity index (χ0) is 13.7. The number of ether oxygens (including phenoxy) is 2. The number of nitrogens with one attached hydrogen (secondary N) is 1. The van der Waals surface area contributed by atoms with Crippen LogP contribution in [0.4, 0.5) is 5.69 Å². The maximum atomic E-state index is 11.8. The molecule has 1 N–H and O–H groups in total. The highest BCUT2D eigenvalue weighted by molar-refractivity contribution is 7.88. The van der Waals surface area contributed by atoms with Crippen LogP contribution >= 0.6 is 0 Å². The van der Waals surface area contributed by atoms with Crippen LogP contribution < -0.4 is 10.1 Å². The van der Waals surface area contributed by atoms with E-state index in [-0.39, 0.29) is 0 Å². The normalized spacial score (nSPS) is 30.1. The minimum atomic E-state index is -3.31. The molecule has 2 heterocycles. The van der Waals surface area contributed by atoms with Crippen LogP contribution in [0.1, 0.15) is 6.42 Å². The summed E-state index contributed by atoms with van der Waals surface area (Å²) in [5.74, 6) is -0.284. The van der Waals surface area contributed by atoms with Crippen molar-refractivity contribution in [3.63, 3.8) is 0 Å². The van der Waals surface area contributed by atoms with Crippen molar-refractivity contribution in [3.8, 4) is 5.75 Å². The maximum Gasteiger partial charge on any atom is 0.246 e. The minimum absolute atomic E-state index is 0.373. The number of methoxy groups -OCH3 is 1. The third-order valence-electron chi connectivity index (χ3n) is 3.62. The van der Waals surface area contributed by atoms with Gasteiger partial charge in [-0.3, -0.25) is 0 Å². The van der Waals surface area contributed by atoms with E-state index in [4.69, 9.17) is 9.47 Å². The molecular weight excluding hydrogens is 268 g/mol. The van der Waals surface area contributed by atoms with Crippen molar-refractivity contribution < 1.29 is 17.9 Å². The van der Waals surface area contributed by atoms with Gasteiger partial charge in [-0.15, -0.1) is 0 Å². The van der Waals surface area contributed by atoms with Crippen molar-refractivity contribution in [1.29, 1.82) is 0 Å². The molecule has 2 aliphatic rings. The molecule has 1 fully saturated rings. The molecule has 0 spiro atoms. The molecule has 2 atom stereocenters. The maximum absolute atomic E-state index is 11.8. The first-order valence-electron chi connectivity index (χ1n) is 6.03. The van der Waals surface area contributed by atoms with Crippen LogP contribution in [0.15, 0.2) is 24.3 Å². The smallest absolute Gasteiger partial charge is 0.246 e. The van der Waals surface area contributed by atoms with Crippen LogP contribution in [-0.2, 0) is 14.8 Å². The molecule has 1 aromatic carbocycles. The highest BCUT2D eigenvalue weighted by Crippen LogP contribution is 2.43. The van der Waals surface area contributed by atoms with Crippen molar-refractivity contribution in [1.82, 2.24) is 4.31 Å². The molecule has 0 amide bonds. The third-order valence-corrected chi connectivity index (χ3v) is 4.86. The first kappa shape index (κ1) is 12.7. The van der Waals surface area contributed by atoms with E-state index in [9.17, 15) is 8.42 Å². The van der Waals surface area contributed by atoms with Gasteiger partial charge in [-0.25, -0.2) is 8.42 Å². The molecule has 2 aliphatic heterocycles. The van der Waals surface area contributed by atoms with E-state index in [0.717, 1.165) is 5.69 Å². The van der Waals surface area contributed by atoms with Crippen LogP contribution in [0.25, 0.3) is 0 Å². The highest BCUT2D eigenvalue weighted by atomic mass is 32.2. The van der Waals surface area contributed by atoms with Gasteiger partial charge >= 0.3 is 0 Å². The fraction of sp³-hybridized carbons (Fsp3) is 0.500. The summed E-state index contributed by atoms with van der Waals surface area (Å²) in [4.78, 5) is 0. The van der Waals surface area contributed by atoms with Crippen LogP contribution in [0, 0.1) is 0 Å². The van der Waals surface area contributed by atoms with Gasteiger partial charge in [0.05, 0.1) is 11.9 Å². The minimum Gasteiger partial charge on any atom is -0.456 e. The SMILES string of the molecule is CO[C@@]12CCN(S(C)(=O)=O)[C@@H]1Nc1ccccc1O2. The van der Waals surface area contributed by atoms with E-state index in [2.05, 4.69) is 5.32 Å². The van der Waals surface area contributed by atoms with Crippen LogP contribution in [0.3, 0.4) is 0 Å². The molecule has 0 saturated carbocycles. The molecule has 3 rings (SSSR count). The van der Waals surface area contributed by atoms with Crippen molar-refractivity contribution >= 4 is 15.7 Å². The Morgan fingerprint density at radius 3 is 2.89 bits per heavy atom. The fourth-order valence-corrected chi connectivity index (χ4v) is 3.68. The Bertz CT molecular complexity index is 604. The van der Waals surface area contributed by atoms with Gasteiger partial charge in [0, 0.05) is 20.1 Å². The summed E-state index contributed by atoms with van der Waals surface area (Å²) in [7, 11) is -1.78. The first-order chi connectivity index (χ1) is 8.96. The summed E-state index contributed by atoms with van der Waals surface area (Å²) in [6.45, 7) is 0.373. The van der Waals surface area contributed by atoms with E-state index in [1.54, 1.807) is 0 Å². The summed E-state index contributed by atoms with van der Waals surface area (Å²) in [5.41, 5.74) is 0.774. The number of rotatable bonds is 2. The summed E-state index contributed by atoms with van der Waals surface area (Å²) < 4.78 is 36.5. The van der Waals surface area contributed by atoms with Gasteiger partial charge in [0.2, 0.25) is 15.8 Å². The molecule has 19 heavy (non-hydrogen) atoms. The summed E-state index contributed by atoms with van der Waals surface area (Å²) >= 11 is 0. The fourth-order valence-electron chi connectivity index (χ4n) is 2.66. The van der Waals surface area contributed by atoms with Gasteiger partial charge in [-0.05, 0) is 12.1 Å². The molecule has 7 heteroatoms. The second-order valence-electron chi connectivity index (χ2n) is 4.78. The lowest BCUT2D eigenvalue weighted by atomic mass is 10.1. The molecule has 0 bridgehead atoms. The Morgan fingerprint density at radius 2 is 2.21 bits per heavy atom. The lowest BCUT2D eigenvalue weighted by Crippen LogP contribution is -2.57. The van der Waals surface area contributed by atoms with Crippen molar-refractivity contribution in [2.45, 2.75) is 18.4 Å². The lowest BCUT2D eigenvalue weighted by Gasteiger charge is -2.41. The van der Waals surface area contributed by atoms with E-state index >= 15 is 0 Å². The van der Waals surface area contributed by atoms with Crippen molar-refractivity contribution in [3.05, 3.63) is 24.3 Å². The molecular formula is C12H16N2O4S. The molecule has 6 nitrogen and oxygen atoms in total. The molecule has 1 aromatic rings. The number of benzene rings is 1. The van der Waals surface area contributed by atoms with E-state index in [1.165, 1.54) is 17.7 Å². The number of sulfonamides is 1. The zero-order valence-corrected chi connectivity index (χ0v) is 11.6. The van der Waals surface area contributed by atoms with Gasteiger partial charge in [0.1, 0.15) is 5.75 Å². The van der Waals surface area contributed by atoms with Gasteiger partial charge in [0.25, 0.3) is 0 Å². The molecule has 0 unspecified atom stereocenters. The Morgan fingerprint density at radius 1 is 1.47 bits per heavy atom. The van der Waals surface area contributed by atoms with Gasteiger partial charge in [0.15, 0.2) is 6.17 Å². The van der Waals surface area contributed by atoms with Gasteiger partial charge in [-0.2, -0.15) is 4.31 Å². The molecule has 1 saturated heterocycles. The number of para-hydroxylation sites is 2. The summed E-state index contributed by atoms with van der Waals surface area (Å²) in [6.07, 6.45) is 1.14. The quantitative estimate of drug-likeness (QED) is 0.871. The Kier molecular flexibility index (Phi) is 2.74. The lowest BCUT2D eigenvalue weighted by molar-refractivity contribution is -0.173. The number of anilines is 1. The number of hydrogen-bond donors (Lipinski definition) is 1. The van der Waals surface area contributed by atoms with Crippen molar-refractivity contribution in [2.75, 3.05) is 25.2 Å². The number of fused-ring (bicyclic) bond motifs is 2. The Labute approximate surface area is 112 Å². The van der Waals surface area contributed by atoms with E-state index < -0.39 is 22.0 Å². The summed E-state index contributed by atoms with van der Waals surface area (Å²) in [5, 5.41) is 3.20. The standard InChI is InChI=1S/C12H16N2O4S/c1-17-12-7-8-14(19(2,15)16)11(12)13-9-5-3-4-6-10(9)18-12/h3-6,11,13H,7-8H2,1-2H3/t11-,12+/m0/s1. The van der Waals surface area contributed by atoms with Gasteiger partial charge < -0.3 is 14.8 Å². The monoisotopic (exact) mass is 284 g/mol. The molecule has 104 valence electrons. The van der Waals surface area contributed by atoms with Crippen LogP contribution in [0.2, 0.25) is 0 Å². The third kappa shape index (κ3) is 1.89. The topological polar surface area (TPSA) is 67.9 Å². The second kappa shape index (κ2) is 4.09. The Balaban J connectivity index is 2.05. The second-order valence-corrected chi connectivity index (χ2v) is 6.72. The summed E-state index contributed by atoms with van der Waals surface area (Å²) in [6, 6.07) is 7.43. The zero-order valence-electron chi connectivity index (χ0n) is 10.8. The Hall–Kier alpha value is -1.31. The van der Waals surface area contributed by atoms with Crippen LogP contribution in [-0.4, -0.2) is 44.6 Å². The first-order valence-corrected chi connectivity index (χ1v) is 7.88. The van der Waals surface area contributed by atoms with Gasteiger partial charge in [-0.1, -0.05) is 12.1 Å². The predicted molar refractivity (Wildman–Crippen MR) is 70.4 cm³/mol. The average Bonchev–Trinajstić information content (AvgIpc) is 2.74. The molecule has 0 aliphatic carbocycles. The van der Waals surface area contributed by atoms with E-state index in [1.807, 2.05) is 24.3 Å². The van der Waals surface area contributed by atoms with E-state index in [0.29, 0.717) is 18.7 Å². The molecule has 0 aromatic heterocycles. The number of hydrogen-bond acceptors (Lipinski definition) is 5. The number of nitrogens with zero attached hydrogens (tertiary/aromatic N) is 1. The highest BCUT2D eigenvalue weighted by Gasteiger charge is 2.55.